The molecule has 4 nitrogen and oxygen atoms in total. The van der Waals surface area contributed by atoms with Gasteiger partial charge in [-0.3, -0.25) is 9.59 Å². The summed E-state index contributed by atoms with van der Waals surface area (Å²) in [7, 11) is 0. The minimum atomic E-state index is 0.145. The molecule has 19 heavy (non-hydrogen) atoms. The molecule has 2 rings (SSSR count). The Kier molecular flexibility index (Phi) is 4.83. The van der Waals surface area contributed by atoms with Crippen LogP contribution in [-0.4, -0.2) is 47.8 Å². The van der Waals surface area contributed by atoms with E-state index in [1.54, 1.807) is 0 Å². The number of hydrogen-bond acceptors (Lipinski definition) is 2. The predicted octanol–water partition coefficient (Wildman–Crippen LogP) is 1.89. The zero-order valence-electron chi connectivity index (χ0n) is 12.2. The number of carbonyl (C=O) groups is 2. The molecule has 0 radical (unpaired) electrons. The third-order valence-corrected chi connectivity index (χ3v) is 4.47. The van der Waals surface area contributed by atoms with Crippen molar-refractivity contribution < 1.29 is 9.59 Å². The van der Waals surface area contributed by atoms with Gasteiger partial charge in [-0.1, -0.05) is 13.8 Å². The second kappa shape index (κ2) is 6.40. The Morgan fingerprint density at radius 1 is 1.05 bits per heavy atom. The van der Waals surface area contributed by atoms with Crippen molar-refractivity contribution in [2.45, 2.75) is 46.0 Å². The lowest BCUT2D eigenvalue weighted by molar-refractivity contribution is -0.141. The Morgan fingerprint density at radius 3 is 2.32 bits per heavy atom. The Morgan fingerprint density at radius 2 is 1.74 bits per heavy atom. The second-order valence-electron chi connectivity index (χ2n) is 6.04. The van der Waals surface area contributed by atoms with Crippen molar-refractivity contribution in [2.75, 3.05) is 26.2 Å². The first-order valence-corrected chi connectivity index (χ1v) is 7.68. The Bertz CT molecular complexity index is 335. The fraction of sp³-hybridized carbons (Fsp3) is 0.867. The second-order valence-corrected chi connectivity index (χ2v) is 6.04. The van der Waals surface area contributed by atoms with Gasteiger partial charge < -0.3 is 9.80 Å². The molecule has 4 heteroatoms. The molecule has 0 aromatic rings. The van der Waals surface area contributed by atoms with Crippen molar-refractivity contribution in [3.8, 4) is 0 Å². The highest BCUT2D eigenvalue weighted by atomic mass is 16.2. The number of piperidine rings is 2. The first kappa shape index (κ1) is 14.4. The van der Waals surface area contributed by atoms with E-state index < -0.39 is 0 Å². The van der Waals surface area contributed by atoms with Crippen LogP contribution in [0, 0.1) is 11.8 Å². The lowest BCUT2D eigenvalue weighted by Crippen LogP contribution is -2.46. The highest BCUT2D eigenvalue weighted by Gasteiger charge is 2.31. The van der Waals surface area contributed by atoms with E-state index in [0.717, 1.165) is 45.4 Å². The van der Waals surface area contributed by atoms with Gasteiger partial charge in [0, 0.05) is 38.5 Å². The normalized spacial score (nSPS) is 25.5. The van der Waals surface area contributed by atoms with Crippen LogP contribution < -0.4 is 0 Å². The van der Waals surface area contributed by atoms with E-state index in [9.17, 15) is 9.59 Å². The van der Waals surface area contributed by atoms with Crippen molar-refractivity contribution in [1.29, 1.82) is 0 Å². The zero-order chi connectivity index (χ0) is 13.8. The Labute approximate surface area is 116 Å². The van der Waals surface area contributed by atoms with E-state index in [1.807, 2.05) is 11.8 Å². The number of likely N-dealkylation sites (tertiary alicyclic amines) is 2. The van der Waals surface area contributed by atoms with Gasteiger partial charge in [-0.15, -0.1) is 0 Å². The molecule has 2 aliphatic rings. The average Bonchev–Trinajstić information content (AvgIpc) is 2.46. The summed E-state index contributed by atoms with van der Waals surface area (Å²) >= 11 is 0. The molecular weight excluding hydrogens is 240 g/mol. The number of nitrogens with zero attached hydrogens (tertiary/aromatic N) is 2. The summed E-state index contributed by atoms with van der Waals surface area (Å²) in [6, 6.07) is 0. The van der Waals surface area contributed by atoms with E-state index in [1.165, 1.54) is 6.42 Å². The summed E-state index contributed by atoms with van der Waals surface area (Å²) in [6.45, 7) is 7.49. The molecule has 0 aliphatic carbocycles. The van der Waals surface area contributed by atoms with Gasteiger partial charge in [0.2, 0.25) is 11.8 Å². The van der Waals surface area contributed by atoms with Crippen LogP contribution in [0.5, 0.6) is 0 Å². The van der Waals surface area contributed by atoms with Crippen LogP contribution in [-0.2, 0) is 9.59 Å². The Balaban J connectivity index is 1.83. The molecule has 1 unspecified atom stereocenters. The zero-order valence-corrected chi connectivity index (χ0v) is 12.2. The van der Waals surface area contributed by atoms with Crippen LogP contribution in [0.3, 0.4) is 0 Å². The number of rotatable bonds is 2. The van der Waals surface area contributed by atoms with Gasteiger partial charge in [-0.05, 0) is 31.6 Å². The van der Waals surface area contributed by atoms with Gasteiger partial charge in [0.25, 0.3) is 0 Å². The molecule has 2 saturated heterocycles. The molecule has 108 valence electrons. The maximum Gasteiger partial charge on any atom is 0.225 e. The fourth-order valence-corrected chi connectivity index (χ4v) is 3.25. The summed E-state index contributed by atoms with van der Waals surface area (Å²) in [5, 5.41) is 0. The van der Waals surface area contributed by atoms with Crippen LogP contribution in [0.2, 0.25) is 0 Å². The molecular formula is C15H26N2O2. The molecule has 1 atom stereocenters. The van der Waals surface area contributed by atoms with Gasteiger partial charge in [0.1, 0.15) is 0 Å². The van der Waals surface area contributed by atoms with Crippen LogP contribution in [0.15, 0.2) is 0 Å². The van der Waals surface area contributed by atoms with Crippen LogP contribution in [0.1, 0.15) is 46.0 Å². The maximum absolute atomic E-state index is 12.5. The highest BCUT2D eigenvalue weighted by Crippen LogP contribution is 2.23. The largest absolute Gasteiger partial charge is 0.343 e. The van der Waals surface area contributed by atoms with E-state index >= 15 is 0 Å². The van der Waals surface area contributed by atoms with E-state index in [4.69, 9.17) is 0 Å². The summed E-state index contributed by atoms with van der Waals surface area (Å²) < 4.78 is 0. The molecule has 2 heterocycles. The fourth-order valence-electron chi connectivity index (χ4n) is 3.25. The van der Waals surface area contributed by atoms with Gasteiger partial charge in [0.05, 0.1) is 0 Å². The summed E-state index contributed by atoms with van der Waals surface area (Å²) in [5.41, 5.74) is 0. The number of carbonyl (C=O) groups excluding carboxylic acids is 2. The van der Waals surface area contributed by atoms with Crippen molar-refractivity contribution in [3.05, 3.63) is 0 Å². The number of amides is 2. The standard InChI is InChI=1S/C15H26N2O2/c1-3-14(18)16-9-6-13(7-10-16)15(19)17-8-4-5-12(2)11-17/h12-13H,3-11H2,1-2H3. The topological polar surface area (TPSA) is 40.6 Å². The summed E-state index contributed by atoms with van der Waals surface area (Å²) in [4.78, 5) is 28.0. The molecule has 0 aromatic carbocycles. The van der Waals surface area contributed by atoms with Crippen molar-refractivity contribution in [1.82, 2.24) is 9.80 Å². The first-order valence-electron chi connectivity index (χ1n) is 7.68. The average molecular weight is 266 g/mol. The van der Waals surface area contributed by atoms with E-state index in [0.29, 0.717) is 18.2 Å². The number of hydrogen-bond donors (Lipinski definition) is 0. The van der Waals surface area contributed by atoms with Crippen LogP contribution >= 0.6 is 0 Å². The molecule has 2 aliphatic heterocycles. The minimum Gasteiger partial charge on any atom is -0.343 e. The Hall–Kier alpha value is -1.06. The molecule has 0 saturated carbocycles. The molecule has 0 N–H and O–H groups in total. The monoisotopic (exact) mass is 266 g/mol. The molecule has 2 amide bonds. The van der Waals surface area contributed by atoms with Crippen molar-refractivity contribution in [2.24, 2.45) is 11.8 Å². The smallest absolute Gasteiger partial charge is 0.225 e. The van der Waals surface area contributed by atoms with Gasteiger partial charge in [0.15, 0.2) is 0 Å². The predicted molar refractivity (Wildman–Crippen MR) is 74.6 cm³/mol. The molecule has 0 aromatic heterocycles. The third kappa shape index (κ3) is 3.48. The molecule has 2 fully saturated rings. The quantitative estimate of drug-likeness (QED) is 0.766. The van der Waals surface area contributed by atoms with Gasteiger partial charge in [-0.2, -0.15) is 0 Å². The SMILES string of the molecule is CCC(=O)N1CCC(C(=O)N2CCCC(C)C2)CC1. The minimum absolute atomic E-state index is 0.145. The van der Waals surface area contributed by atoms with E-state index in [2.05, 4.69) is 11.8 Å². The lowest BCUT2D eigenvalue weighted by atomic mass is 9.92. The summed E-state index contributed by atoms with van der Waals surface area (Å²) in [6.07, 6.45) is 4.64. The van der Waals surface area contributed by atoms with Crippen LogP contribution in [0.25, 0.3) is 0 Å². The maximum atomic E-state index is 12.5. The van der Waals surface area contributed by atoms with Gasteiger partial charge >= 0.3 is 0 Å². The highest BCUT2D eigenvalue weighted by molar-refractivity contribution is 5.80. The van der Waals surface area contributed by atoms with E-state index in [-0.39, 0.29) is 11.8 Å². The molecule has 0 spiro atoms. The molecule has 0 bridgehead atoms. The van der Waals surface area contributed by atoms with Crippen molar-refractivity contribution in [3.63, 3.8) is 0 Å². The lowest BCUT2D eigenvalue weighted by Gasteiger charge is -2.37. The third-order valence-electron chi connectivity index (χ3n) is 4.47. The van der Waals surface area contributed by atoms with Gasteiger partial charge in [-0.25, -0.2) is 0 Å². The summed E-state index contributed by atoms with van der Waals surface area (Å²) in [5.74, 6) is 1.33. The van der Waals surface area contributed by atoms with Crippen LogP contribution in [0.4, 0.5) is 0 Å². The van der Waals surface area contributed by atoms with Crippen molar-refractivity contribution >= 4 is 11.8 Å². The first-order chi connectivity index (χ1) is 9.11.